The quantitative estimate of drug-likeness (QED) is 0.669. The number of urea groups is 1. The first kappa shape index (κ1) is 14.8. The number of amides is 2. The van der Waals surface area contributed by atoms with Crippen LogP contribution in [-0.2, 0) is 6.54 Å². The molecule has 2 aromatic rings. The Labute approximate surface area is 125 Å². The second-order valence-corrected chi connectivity index (χ2v) is 4.67. The van der Waals surface area contributed by atoms with E-state index >= 15 is 0 Å². The lowest BCUT2D eigenvalue weighted by atomic mass is 10.2. The summed E-state index contributed by atoms with van der Waals surface area (Å²) >= 11 is 5.75. The number of nitrogens with one attached hydrogen (secondary N) is 2. The van der Waals surface area contributed by atoms with E-state index in [1.54, 1.807) is 36.4 Å². The lowest BCUT2D eigenvalue weighted by Gasteiger charge is -2.07. The number of halogens is 1. The number of carbonyl (C=O) groups is 1. The Morgan fingerprint density at radius 3 is 2.29 bits per heavy atom. The summed E-state index contributed by atoms with van der Waals surface area (Å²) in [5.74, 6) is 0. The van der Waals surface area contributed by atoms with Gasteiger partial charge in [-0.3, -0.25) is 10.1 Å². The summed E-state index contributed by atoms with van der Waals surface area (Å²) in [6.45, 7) is 0.275. The van der Waals surface area contributed by atoms with Gasteiger partial charge in [0.05, 0.1) is 4.92 Å². The zero-order chi connectivity index (χ0) is 15.2. The van der Waals surface area contributed by atoms with Crippen molar-refractivity contribution in [3.05, 3.63) is 69.2 Å². The van der Waals surface area contributed by atoms with Crippen LogP contribution in [0, 0.1) is 10.1 Å². The minimum absolute atomic E-state index is 0.0179. The molecular formula is C14H12ClN3O3. The molecule has 2 amide bonds. The molecule has 0 saturated carbocycles. The van der Waals surface area contributed by atoms with E-state index in [-0.39, 0.29) is 18.3 Å². The molecule has 0 aliphatic heterocycles. The normalized spacial score (nSPS) is 9.95. The summed E-state index contributed by atoms with van der Waals surface area (Å²) in [6.07, 6.45) is 0. The SMILES string of the molecule is O=C(NCc1ccc([N+](=O)[O-])cc1)Nc1ccc(Cl)cc1. The molecule has 0 spiro atoms. The van der Waals surface area contributed by atoms with Gasteiger partial charge < -0.3 is 10.6 Å². The second kappa shape index (κ2) is 6.71. The summed E-state index contributed by atoms with van der Waals surface area (Å²) < 4.78 is 0. The van der Waals surface area contributed by atoms with Gasteiger partial charge in [0.25, 0.3) is 5.69 Å². The molecule has 2 N–H and O–H groups in total. The summed E-state index contributed by atoms with van der Waals surface area (Å²) in [4.78, 5) is 21.7. The summed E-state index contributed by atoms with van der Waals surface area (Å²) in [6, 6.07) is 12.3. The molecule has 21 heavy (non-hydrogen) atoms. The van der Waals surface area contributed by atoms with E-state index in [9.17, 15) is 14.9 Å². The van der Waals surface area contributed by atoms with Crippen molar-refractivity contribution in [1.82, 2.24) is 5.32 Å². The second-order valence-electron chi connectivity index (χ2n) is 4.24. The Morgan fingerprint density at radius 1 is 1.10 bits per heavy atom. The van der Waals surface area contributed by atoms with E-state index in [0.29, 0.717) is 10.7 Å². The fourth-order valence-corrected chi connectivity index (χ4v) is 1.75. The summed E-state index contributed by atoms with van der Waals surface area (Å²) in [5, 5.41) is 16.4. The van der Waals surface area contributed by atoms with Crippen molar-refractivity contribution < 1.29 is 9.72 Å². The molecule has 0 fully saturated rings. The van der Waals surface area contributed by atoms with E-state index in [2.05, 4.69) is 10.6 Å². The molecule has 0 saturated heterocycles. The van der Waals surface area contributed by atoms with Gasteiger partial charge in [0, 0.05) is 29.4 Å². The highest BCUT2D eigenvalue weighted by Crippen LogP contribution is 2.14. The molecule has 7 heteroatoms. The van der Waals surface area contributed by atoms with Crippen molar-refractivity contribution in [1.29, 1.82) is 0 Å². The van der Waals surface area contributed by atoms with Crippen LogP contribution in [-0.4, -0.2) is 11.0 Å². The number of anilines is 1. The number of hydrogen-bond acceptors (Lipinski definition) is 3. The molecule has 0 atom stereocenters. The zero-order valence-corrected chi connectivity index (χ0v) is 11.6. The van der Waals surface area contributed by atoms with Gasteiger partial charge in [0.1, 0.15) is 0 Å². The molecule has 0 aliphatic rings. The molecule has 108 valence electrons. The number of nitrogens with zero attached hydrogens (tertiary/aromatic N) is 1. The molecule has 0 heterocycles. The van der Waals surface area contributed by atoms with Gasteiger partial charge in [-0.25, -0.2) is 4.79 Å². The molecule has 0 bridgehead atoms. The highest BCUT2D eigenvalue weighted by atomic mass is 35.5. The molecule has 0 radical (unpaired) electrons. The average molecular weight is 306 g/mol. The smallest absolute Gasteiger partial charge is 0.319 e. The first-order chi connectivity index (χ1) is 10.0. The Morgan fingerprint density at radius 2 is 1.71 bits per heavy atom. The van der Waals surface area contributed by atoms with E-state index < -0.39 is 4.92 Å². The predicted molar refractivity (Wildman–Crippen MR) is 80.4 cm³/mol. The van der Waals surface area contributed by atoms with Crippen LogP contribution in [0.5, 0.6) is 0 Å². The van der Waals surface area contributed by atoms with Gasteiger partial charge in [0.2, 0.25) is 0 Å². The largest absolute Gasteiger partial charge is 0.334 e. The monoisotopic (exact) mass is 305 g/mol. The molecule has 6 nitrogen and oxygen atoms in total. The molecule has 2 aromatic carbocycles. The van der Waals surface area contributed by atoms with Crippen molar-refractivity contribution in [2.75, 3.05) is 5.32 Å². The standard InChI is InChI=1S/C14H12ClN3O3/c15-11-3-5-12(6-4-11)17-14(19)16-9-10-1-7-13(8-2-10)18(20)21/h1-8H,9H2,(H2,16,17,19). The lowest BCUT2D eigenvalue weighted by Crippen LogP contribution is -2.28. The van der Waals surface area contributed by atoms with Gasteiger partial charge in [0.15, 0.2) is 0 Å². The predicted octanol–water partition coefficient (Wildman–Crippen LogP) is 3.57. The minimum atomic E-state index is -0.468. The first-order valence-corrected chi connectivity index (χ1v) is 6.46. The van der Waals surface area contributed by atoms with Crippen LogP contribution < -0.4 is 10.6 Å². The molecule has 0 aromatic heterocycles. The van der Waals surface area contributed by atoms with Crippen LogP contribution in [0.3, 0.4) is 0 Å². The maximum Gasteiger partial charge on any atom is 0.319 e. The lowest BCUT2D eigenvalue weighted by molar-refractivity contribution is -0.384. The van der Waals surface area contributed by atoms with Gasteiger partial charge in [-0.15, -0.1) is 0 Å². The Balaban J connectivity index is 1.86. The number of benzene rings is 2. The van der Waals surface area contributed by atoms with Gasteiger partial charge in [-0.05, 0) is 29.8 Å². The van der Waals surface area contributed by atoms with Crippen molar-refractivity contribution in [3.63, 3.8) is 0 Å². The summed E-state index contributed by atoms with van der Waals surface area (Å²) in [7, 11) is 0. The third kappa shape index (κ3) is 4.47. The Bertz CT molecular complexity index is 642. The average Bonchev–Trinajstić information content (AvgIpc) is 2.48. The number of nitro benzene ring substituents is 1. The topological polar surface area (TPSA) is 84.3 Å². The van der Waals surface area contributed by atoms with Crippen LogP contribution >= 0.6 is 11.6 Å². The number of non-ortho nitro benzene ring substituents is 1. The van der Waals surface area contributed by atoms with Crippen molar-refractivity contribution in [2.45, 2.75) is 6.54 Å². The third-order valence-electron chi connectivity index (χ3n) is 2.70. The summed E-state index contributed by atoms with van der Waals surface area (Å²) in [5.41, 5.74) is 1.41. The number of rotatable bonds is 4. The van der Waals surface area contributed by atoms with Gasteiger partial charge >= 0.3 is 6.03 Å². The van der Waals surface area contributed by atoms with Crippen LogP contribution in [0.4, 0.5) is 16.2 Å². The van der Waals surface area contributed by atoms with Crippen LogP contribution in [0.25, 0.3) is 0 Å². The highest BCUT2D eigenvalue weighted by molar-refractivity contribution is 6.30. The maximum absolute atomic E-state index is 11.7. The third-order valence-corrected chi connectivity index (χ3v) is 2.95. The van der Waals surface area contributed by atoms with E-state index in [0.717, 1.165) is 5.56 Å². The van der Waals surface area contributed by atoms with Crippen molar-refractivity contribution >= 4 is 29.0 Å². The van der Waals surface area contributed by atoms with E-state index in [1.807, 2.05) is 0 Å². The minimum Gasteiger partial charge on any atom is -0.334 e. The van der Waals surface area contributed by atoms with Crippen LogP contribution in [0.15, 0.2) is 48.5 Å². The molecule has 2 rings (SSSR count). The fourth-order valence-electron chi connectivity index (χ4n) is 1.63. The first-order valence-electron chi connectivity index (χ1n) is 6.08. The van der Waals surface area contributed by atoms with Crippen LogP contribution in [0.1, 0.15) is 5.56 Å². The van der Waals surface area contributed by atoms with Crippen LogP contribution in [0.2, 0.25) is 5.02 Å². The van der Waals surface area contributed by atoms with E-state index in [4.69, 9.17) is 11.6 Å². The van der Waals surface area contributed by atoms with Crippen molar-refractivity contribution in [2.24, 2.45) is 0 Å². The van der Waals surface area contributed by atoms with Gasteiger partial charge in [-0.1, -0.05) is 23.7 Å². The zero-order valence-electron chi connectivity index (χ0n) is 10.9. The highest BCUT2D eigenvalue weighted by Gasteiger charge is 2.05. The molecule has 0 unspecified atom stereocenters. The Kier molecular flexibility index (Phi) is 4.73. The Hall–Kier alpha value is -2.60. The number of nitro groups is 1. The van der Waals surface area contributed by atoms with E-state index in [1.165, 1.54) is 12.1 Å². The fraction of sp³-hybridized carbons (Fsp3) is 0.0714. The maximum atomic E-state index is 11.7. The van der Waals surface area contributed by atoms with Gasteiger partial charge in [-0.2, -0.15) is 0 Å². The number of carbonyl (C=O) groups excluding carboxylic acids is 1. The van der Waals surface area contributed by atoms with Crippen molar-refractivity contribution in [3.8, 4) is 0 Å². The number of hydrogen-bond donors (Lipinski definition) is 2. The molecule has 0 aliphatic carbocycles. The molecular weight excluding hydrogens is 294 g/mol.